The van der Waals surface area contributed by atoms with Gasteiger partial charge in [0.25, 0.3) is 0 Å². The number of benzene rings is 1. The number of Topliss-reactive ketones (excluding diaryl/α,β-unsaturated/α-hetero) is 1. The van der Waals surface area contributed by atoms with Crippen molar-refractivity contribution in [1.82, 2.24) is 0 Å². The van der Waals surface area contributed by atoms with E-state index in [1.54, 1.807) is 18.2 Å². The lowest BCUT2D eigenvalue weighted by molar-refractivity contribution is -0.154. The molecule has 1 aromatic carbocycles. The molecule has 1 atom stereocenters. The Morgan fingerprint density at radius 2 is 1.92 bits per heavy atom. The normalized spacial score (nSPS) is 16.9. The summed E-state index contributed by atoms with van der Waals surface area (Å²) in [4.78, 5) is 24.6. The summed E-state index contributed by atoms with van der Waals surface area (Å²) < 4.78 is 18.3. The van der Waals surface area contributed by atoms with Crippen molar-refractivity contribution in [1.29, 1.82) is 10.7 Å². The Labute approximate surface area is 139 Å². The summed E-state index contributed by atoms with van der Waals surface area (Å²) in [6, 6.07) is 7.49. The summed E-state index contributed by atoms with van der Waals surface area (Å²) in [7, 11) is 0. The van der Waals surface area contributed by atoms with Crippen molar-refractivity contribution in [3.8, 4) is 6.07 Å². The minimum atomic E-state index is -1.19. The zero-order chi connectivity index (χ0) is 17.7. The van der Waals surface area contributed by atoms with Gasteiger partial charge in [0.05, 0.1) is 11.5 Å². The standard InChI is InChI=1S/C18H19FN2O3/c1-12(21)15(10-20)16(22)11-24-17(23)18(8-2-3-9-18)13-4-6-14(19)7-5-13/h4-7,15,21H,2-3,8-9,11H2,1H3. The number of carbonyl (C=O) groups is 2. The van der Waals surface area contributed by atoms with Crippen LogP contribution >= 0.6 is 0 Å². The minimum absolute atomic E-state index is 0.0762. The van der Waals surface area contributed by atoms with E-state index in [2.05, 4.69) is 0 Å². The molecule has 0 aliphatic heterocycles. The van der Waals surface area contributed by atoms with E-state index in [9.17, 15) is 14.0 Å². The maximum absolute atomic E-state index is 13.1. The predicted octanol–water partition coefficient (Wildman–Crippen LogP) is 2.93. The van der Waals surface area contributed by atoms with Crippen molar-refractivity contribution >= 4 is 17.5 Å². The van der Waals surface area contributed by atoms with Crippen LogP contribution in [0.25, 0.3) is 0 Å². The van der Waals surface area contributed by atoms with Crippen LogP contribution in [0.15, 0.2) is 24.3 Å². The Morgan fingerprint density at radius 1 is 1.33 bits per heavy atom. The summed E-state index contributed by atoms with van der Waals surface area (Å²) >= 11 is 0. The summed E-state index contributed by atoms with van der Waals surface area (Å²) in [6.07, 6.45) is 2.86. The third-order valence-corrected chi connectivity index (χ3v) is 4.47. The highest BCUT2D eigenvalue weighted by Crippen LogP contribution is 2.42. The van der Waals surface area contributed by atoms with Crippen LogP contribution in [0.1, 0.15) is 38.2 Å². The molecule has 1 fully saturated rings. The molecule has 0 saturated heterocycles. The second-order valence-corrected chi connectivity index (χ2v) is 6.08. The van der Waals surface area contributed by atoms with Crippen LogP contribution in [-0.2, 0) is 19.7 Å². The van der Waals surface area contributed by atoms with Gasteiger partial charge >= 0.3 is 5.97 Å². The van der Waals surface area contributed by atoms with Gasteiger partial charge in [-0.15, -0.1) is 0 Å². The molecule has 1 aliphatic carbocycles. The van der Waals surface area contributed by atoms with Crippen molar-refractivity contribution in [2.45, 2.75) is 38.0 Å². The Balaban J connectivity index is 2.13. The maximum atomic E-state index is 13.1. The van der Waals surface area contributed by atoms with E-state index < -0.39 is 29.7 Å². The lowest BCUT2D eigenvalue weighted by atomic mass is 9.79. The topological polar surface area (TPSA) is 91.0 Å². The molecule has 0 bridgehead atoms. The number of ketones is 1. The van der Waals surface area contributed by atoms with E-state index in [4.69, 9.17) is 15.4 Å². The maximum Gasteiger partial charge on any atom is 0.316 e. The Hall–Kier alpha value is -2.55. The molecular formula is C18H19FN2O3. The summed E-state index contributed by atoms with van der Waals surface area (Å²) in [5, 5.41) is 16.3. The Morgan fingerprint density at radius 3 is 2.42 bits per heavy atom. The van der Waals surface area contributed by atoms with E-state index in [1.165, 1.54) is 19.1 Å². The molecule has 0 spiro atoms. The number of hydrogen-bond donors (Lipinski definition) is 1. The SMILES string of the molecule is CC(=N)C(C#N)C(=O)COC(=O)C1(c2ccc(F)cc2)CCCC1. The van der Waals surface area contributed by atoms with Gasteiger partial charge in [0.15, 0.2) is 12.4 Å². The predicted molar refractivity (Wildman–Crippen MR) is 85.0 cm³/mol. The number of ether oxygens (including phenoxy) is 1. The Kier molecular flexibility index (Phi) is 5.45. The van der Waals surface area contributed by atoms with E-state index >= 15 is 0 Å². The number of rotatable bonds is 6. The monoisotopic (exact) mass is 330 g/mol. The average molecular weight is 330 g/mol. The van der Waals surface area contributed by atoms with Gasteiger partial charge in [-0.3, -0.25) is 9.59 Å². The second-order valence-electron chi connectivity index (χ2n) is 6.08. The summed E-state index contributed by atoms with van der Waals surface area (Å²) in [5.41, 5.74) is -0.262. The van der Waals surface area contributed by atoms with E-state index in [-0.39, 0.29) is 11.5 Å². The highest BCUT2D eigenvalue weighted by molar-refractivity contribution is 6.06. The first-order valence-electron chi connectivity index (χ1n) is 7.81. The first kappa shape index (κ1) is 17.8. The first-order valence-corrected chi connectivity index (χ1v) is 7.81. The van der Waals surface area contributed by atoms with Crippen molar-refractivity contribution in [3.63, 3.8) is 0 Å². The number of hydrogen-bond acceptors (Lipinski definition) is 5. The van der Waals surface area contributed by atoms with Crippen molar-refractivity contribution in [2.75, 3.05) is 6.61 Å². The fraction of sp³-hybridized carbons (Fsp3) is 0.444. The first-order chi connectivity index (χ1) is 11.4. The zero-order valence-corrected chi connectivity index (χ0v) is 13.5. The molecule has 1 unspecified atom stereocenters. The summed E-state index contributed by atoms with van der Waals surface area (Å²) in [6.45, 7) is 0.834. The van der Waals surface area contributed by atoms with Crippen molar-refractivity contribution in [3.05, 3.63) is 35.6 Å². The molecule has 5 nitrogen and oxygen atoms in total. The lowest BCUT2D eigenvalue weighted by Crippen LogP contribution is -2.37. The van der Waals surface area contributed by atoms with Crippen LogP contribution in [0.2, 0.25) is 0 Å². The fourth-order valence-corrected chi connectivity index (χ4v) is 3.13. The number of nitrogens with one attached hydrogen (secondary N) is 1. The molecule has 24 heavy (non-hydrogen) atoms. The summed E-state index contributed by atoms with van der Waals surface area (Å²) in [5.74, 6) is -2.71. The average Bonchev–Trinajstić information content (AvgIpc) is 3.04. The van der Waals surface area contributed by atoms with Gasteiger partial charge in [-0.1, -0.05) is 25.0 Å². The van der Waals surface area contributed by atoms with Crippen LogP contribution in [0.3, 0.4) is 0 Å². The highest BCUT2D eigenvalue weighted by atomic mass is 19.1. The number of nitriles is 1. The van der Waals surface area contributed by atoms with Gasteiger partial charge in [0.2, 0.25) is 0 Å². The van der Waals surface area contributed by atoms with Crippen LogP contribution in [0.5, 0.6) is 0 Å². The zero-order valence-electron chi connectivity index (χ0n) is 13.5. The molecule has 1 aromatic rings. The van der Waals surface area contributed by atoms with Crippen molar-refractivity contribution < 1.29 is 18.7 Å². The quantitative estimate of drug-likeness (QED) is 0.641. The molecule has 1 saturated carbocycles. The highest BCUT2D eigenvalue weighted by Gasteiger charge is 2.44. The molecule has 1 aliphatic rings. The van der Waals surface area contributed by atoms with E-state index in [1.807, 2.05) is 0 Å². The number of halogens is 1. The Bertz CT molecular complexity index is 685. The van der Waals surface area contributed by atoms with Crippen LogP contribution < -0.4 is 0 Å². The molecule has 0 aromatic heterocycles. The molecule has 2 rings (SSSR count). The van der Waals surface area contributed by atoms with Crippen LogP contribution in [0.4, 0.5) is 4.39 Å². The fourth-order valence-electron chi connectivity index (χ4n) is 3.13. The van der Waals surface area contributed by atoms with Gasteiger partial charge < -0.3 is 10.1 Å². The van der Waals surface area contributed by atoms with E-state index in [0.29, 0.717) is 18.4 Å². The largest absolute Gasteiger partial charge is 0.457 e. The smallest absolute Gasteiger partial charge is 0.316 e. The number of esters is 1. The van der Waals surface area contributed by atoms with Crippen molar-refractivity contribution in [2.24, 2.45) is 5.92 Å². The molecule has 6 heteroatoms. The van der Waals surface area contributed by atoms with Crippen LogP contribution in [-0.4, -0.2) is 24.1 Å². The molecule has 1 N–H and O–H groups in total. The molecule has 0 amide bonds. The molecule has 126 valence electrons. The third kappa shape index (κ3) is 3.51. The molecule has 0 heterocycles. The van der Waals surface area contributed by atoms with Gasteiger partial charge in [-0.25, -0.2) is 4.39 Å². The number of nitrogens with zero attached hydrogens (tertiary/aromatic N) is 1. The minimum Gasteiger partial charge on any atom is -0.457 e. The van der Waals surface area contributed by atoms with Gasteiger partial charge in [-0.2, -0.15) is 5.26 Å². The van der Waals surface area contributed by atoms with Crippen LogP contribution in [0, 0.1) is 28.5 Å². The molecule has 0 radical (unpaired) electrons. The third-order valence-electron chi connectivity index (χ3n) is 4.47. The van der Waals surface area contributed by atoms with Gasteiger partial charge in [-0.05, 0) is 37.5 Å². The second kappa shape index (κ2) is 7.35. The molecular weight excluding hydrogens is 311 g/mol. The lowest BCUT2D eigenvalue weighted by Gasteiger charge is -2.27. The van der Waals surface area contributed by atoms with E-state index in [0.717, 1.165) is 12.8 Å². The van der Waals surface area contributed by atoms with Gasteiger partial charge in [0, 0.05) is 5.71 Å². The number of carbonyl (C=O) groups excluding carboxylic acids is 2. The van der Waals surface area contributed by atoms with Gasteiger partial charge in [0.1, 0.15) is 11.7 Å².